The third kappa shape index (κ3) is 2.66. The molecule has 0 radical (unpaired) electrons. The Hall–Kier alpha value is -2.12. The average Bonchev–Trinajstić information content (AvgIpc) is 2.20. The number of nitrogens with zero attached hydrogens (tertiary/aromatic N) is 1. The molecule has 1 atom stereocenters. The van der Waals surface area contributed by atoms with Gasteiger partial charge < -0.3 is 10.1 Å². The van der Waals surface area contributed by atoms with Gasteiger partial charge in [-0.3, -0.25) is 9.78 Å². The lowest BCUT2D eigenvalue weighted by Gasteiger charge is -2.10. The molecule has 0 saturated heterocycles. The molecule has 0 saturated carbocycles. The van der Waals surface area contributed by atoms with E-state index in [-0.39, 0.29) is 5.82 Å². The molecule has 0 spiro atoms. The predicted octanol–water partition coefficient (Wildman–Crippen LogP) is -1.57. The molecule has 8 heteroatoms. The highest BCUT2D eigenvalue weighted by molar-refractivity contribution is 5.78. The minimum absolute atomic E-state index is 0.146. The van der Waals surface area contributed by atoms with E-state index in [1.54, 1.807) is 0 Å². The fourth-order valence-electron chi connectivity index (χ4n) is 0.886. The number of esters is 1. The minimum atomic E-state index is -0.727. The highest BCUT2D eigenvalue weighted by atomic mass is 16.5. The van der Waals surface area contributed by atoms with Crippen molar-refractivity contribution in [2.24, 2.45) is 0 Å². The van der Waals surface area contributed by atoms with E-state index in [1.807, 2.05) is 10.1 Å². The fraction of sp³-hybridized carbons (Fsp3) is 0.429. The molecule has 1 aromatic rings. The Morgan fingerprint density at radius 1 is 1.53 bits per heavy atom. The Kier molecular flexibility index (Phi) is 3.21. The van der Waals surface area contributed by atoms with Crippen molar-refractivity contribution < 1.29 is 9.53 Å². The number of carbonyl (C=O) groups is 1. The Morgan fingerprint density at radius 2 is 2.20 bits per heavy atom. The van der Waals surface area contributed by atoms with E-state index in [1.165, 1.54) is 14.0 Å². The third-order valence-corrected chi connectivity index (χ3v) is 1.62. The summed E-state index contributed by atoms with van der Waals surface area (Å²) in [6, 6.07) is -0.727. The molecule has 0 aliphatic heterocycles. The Balaban J connectivity index is 2.86. The molecular weight excluding hydrogens is 204 g/mol. The zero-order valence-corrected chi connectivity index (χ0v) is 8.16. The summed E-state index contributed by atoms with van der Waals surface area (Å²) in [6.45, 7) is 1.50. The summed E-state index contributed by atoms with van der Waals surface area (Å²) in [5, 5.41) is 7.95. The summed E-state index contributed by atoms with van der Waals surface area (Å²) in [4.78, 5) is 34.7. The van der Waals surface area contributed by atoms with Crippen LogP contribution in [0.5, 0.6) is 0 Å². The van der Waals surface area contributed by atoms with E-state index in [0.717, 1.165) is 0 Å². The van der Waals surface area contributed by atoms with Crippen LogP contribution in [0.25, 0.3) is 0 Å². The molecule has 3 N–H and O–H groups in total. The van der Waals surface area contributed by atoms with E-state index in [0.29, 0.717) is 0 Å². The van der Waals surface area contributed by atoms with Crippen LogP contribution < -0.4 is 16.6 Å². The molecule has 0 aromatic carbocycles. The number of ether oxygens (including phenoxy) is 1. The lowest BCUT2D eigenvalue weighted by Crippen LogP contribution is -2.33. The maximum atomic E-state index is 11.1. The van der Waals surface area contributed by atoms with Crippen LogP contribution in [0.15, 0.2) is 9.59 Å². The number of hydrogen-bond donors (Lipinski definition) is 3. The summed E-state index contributed by atoms with van der Waals surface area (Å²) in [7, 11) is 1.23. The van der Waals surface area contributed by atoms with Crippen molar-refractivity contribution in [3.63, 3.8) is 0 Å². The average molecular weight is 214 g/mol. The minimum Gasteiger partial charge on any atom is -0.467 e. The summed E-state index contributed by atoms with van der Waals surface area (Å²) in [5.74, 6) is -0.685. The van der Waals surface area contributed by atoms with Crippen molar-refractivity contribution >= 4 is 11.8 Å². The van der Waals surface area contributed by atoms with Crippen LogP contribution in [0.2, 0.25) is 0 Å². The molecule has 0 amide bonds. The molecule has 15 heavy (non-hydrogen) atoms. The summed E-state index contributed by atoms with van der Waals surface area (Å²) in [5.41, 5.74) is -1.41. The molecule has 0 aliphatic rings. The van der Waals surface area contributed by atoms with Gasteiger partial charge in [-0.25, -0.2) is 14.7 Å². The van der Waals surface area contributed by atoms with Gasteiger partial charge in [-0.1, -0.05) is 0 Å². The molecule has 0 fully saturated rings. The molecule has 1 rings (SSSR count). The van der Waals surface area contributed by atoms with E-state index in [9.17, 15) is 14.4 Å². The van der Waals surface area contributed by atoms with Crippen molar-refractivity contribution in [2.45, 2.75) is 13.0 Å². The standard InChI is InChI=1S/C7H10N4O4/c1-3(6(13)15-2)8-4-5(12)9-7(14)11-10-4/h3H,1-2H3,(H,8,10)(H2,9,11,12,14)/t3-/m1/s1. The second kappa shape index (κ2) is 4.40. The second-order valence-electron chi connectivity index (χ2n) is 2.74. The molecule has 1 aromatic heterocycles. The number of aromatic nitrogens is 3. The molecule has 82 valence electrons. The van der Waals surface area contributed by atoms with E-state index in [2.05, 4.69) is 15.2 Å². The zero-order chi connectivity index (χ0) is 11.4. The highest BCUT2D eigenvalue weighted by Crippen LogP contribution is 1.94. The summed E-state index contributed by atoms with van der Waals surface area (Å²) >= 11 is 0. The van der Waals surface area contributed by atoms with E-state index >= 15 is 0 Å². The fourth-order valence-corrected chi connectivity index (χ4v) is 0.886. The van der Waals surface area contributed by atoms with Crippen LogP contribution in [0.4, 0.5) is 5.82 Å². The van der Waals surface area contributed by atoms with Gasteiger partial charge in [-0.2, -0.15) is 0 Å². The van der Waals surface area contributed by atoms with E-state index < -0.39 is 23.3 Å². The first-order valence-electron chi connectivity index (χ1n) is 4.08. The number of carbonyl (C=O) groups excluding carboxylic acids is 1. The smallest absolute Gasteiger partial charge is 0.342 e. The van der Waals surface area contributed by atoms with Crippen LogP contribution in [0.3, 0.4) is 0 Å². The number of anilines is 1. The Bertz CT molecular complexity index is 463. The normalized spacial score (nSPS) is 11.9. The number of H-pyrrole nitrogens is 2. The number of methoxy groups -OCH3 is 1. The topological polar surface area (TPSA) is 117 Å². The van der Waals surface area contributed by atoms with Crippen LogP contribution >= 0.6 is 0 Å². The maximum Gasteiger partial charge on any atom is 0.342 e. The van der Waals surface area contributed by atoms with Crippen molar-refractivity contribution in [2.75, 3.05) is 12.4 Å². The van der Waals surface area contributed by atoms with Gasteiger partial charge in [-0.15, -0.1) is 5.10 Å². The van der Waals surface area contributed by atoms with Gasteiger partial charge in [0, 0.05) is 0 Å². The zero-order valence-electron chi connectivity index (χ0n) is 8.16. The summed E-state index contributed by atoms with van der Waals surface area (Å²) in [6.07, 6.45) is 0. The molecule has 0 aliphatic carbocycles. The van der Waals surface area contributed by atoms with Crippen LogP contribution in [0.1, 0.15) is 6.92 Å². The third-order valence-electron chi connectivity index (χ3n) is 1.62. The van der Waals surface area contributed by atoms with Gasteiger partial charge in [0.15, 0.2) is 0 Å². The van der Waals surface area contributed by atoms with Gasteiger partial charge in [0.25, 0.3) is 5.56 Å². The number of nitrogens with one attached hydrogen (secondary N) is 3. The number of aromatic amines is 2. The quantitative estimate of drug-likeness (QED) is 0.523. The van der Waals surface area contributed by atoms with Crippen LogP contribution in [-0.4, -0.2) is 34.3 Å². The monoisotopic (exact) mass is 214 g/mol. The first-order chi connectivity index (χ1) is 7.04. The van der Waals surface area contributed by atoms with E-state index in [4.69, 9.17) is 0 Å². The van der Waals surface area contributed by atoms with Gasteiger partial charge >= 0.3 is 11.7 Å². The highest BCUT2D eigenvalue weighted by Gasteiger charge is 2.14. The van der Waals surface area contributed by atoms with Gasteiger partial charge in [0.05, 0.1) is 7.11 Å². The lowest BCUT2D eigenvalue weighted by molar-refractivity contribution is -0.141. The van der Waals surface area contributed by atoms with Crippen molar-refractivity contribution in [3.8, 4) is 0 Å². The van der Waals surface area contributed by atoms with Crippen LogP contribution in [-0.2, 0) is 9.53 Å². The number of hydrogen-bond acceptors (Lipinski definition) is 6. The molecule has 0 bridgehead atoms. The van der Waals surface area contributed by atoms with Crippen molar-refractivity contribution in [3.05, 3.63) is 20.8 Å². The maximum absolute atomic E-state index is 11.1. The van der Waals surface area contributed by atoms with Crippen LogP contribution in [0, 0.1) is 0 Å². The first-order valence-corrected chi connectivity index (χ1v) is 4.08. The van der Waals surface area contributed by atoms with Crippen molar-refractivity contribution in [1.82, 2.24) is 15.2 Å². The largest absolute Gasteiger partial charge is 0.467 e. The van der Waals surface area contributed by atoms with Gasteiger partial charge in [-0.05, 0) is 6.92 Å². The lowest BCUT2D eigenvalue weighted by atomic mass is 10.3. The molecular formula is C7H10N4O4. The van der Waals surface area contributed by atoms with Gasteiger partial charge in [0.2, 0.25) is 5.82 Å². The Morgan fingerprint density at radius 3 is 2.73 bits per heavy atom. The Labute approximate surface area is 83.7 Å². The molecule has 8 nitrogen and oxygen atoms in total. The predicted molar refractivity (Wildman–Crippen MR) is 50.6 cm³/mol. The van der Waals surface area contributed by atoms with Gasteiger partial charge in [0.1, 0.15) is 6.04 Å². The number of rotatable bonds is 3. The molecule has 1 heterocycles. The van der Waals surface area contributed by atoms with Crippen molar-refractivity contribution in [1.29, 1.82) is 0 Å². The SMILES string of the molecule is COC(=O)[C@@H](C)Nc1n[nH]c(=O)[nH]c1=O. The molecule has 0 unspecified atom stereocenters. The second-order valence-corrected chi connectivity index (χ2v) is 2.74. The first kappa shape index (κ1) is 11.0. The summed E-state index contributed by atoms with van der Waals surface area (Å²) < 4.78 is 4.43.